The van der Waals surface area contributed by atoms with Crippen molar-refractivity contribution in [2.75, 3.05) is 28.4 Å². The first kappa shape index (κ1) is 16.3. The van der Waals surface area contributed by atoms with E-state index in [0.29, 0.717) is 23.0 Å². The molecule has 0 aliphatic heterocycles. The Labute approximate surface area is 151 Å². The largest absolute Gasteiger partial charge is 0.493 e. The molecule has 0 bridgehead atoms. The van der Waals surface area contributed by atoms with E-state index in [-0.39, 0.29) is 0 Å². The first-order chi connectivity index (χ1) is 12.7. The molecule has 0 aliphatic carbocycles. The van der Waals surface area contributed by atoms with Crippen LogP contribution in [0.4, 0.5) is 0 Å². The van der Waals surface area contributed by atoms with Gasteiger partial charge in [0, 0.05) is 16.8 Å². The van der Waals surface area contributed by atoms with Gasteiger partial charge in [-0.2, -0.15) is 0 Å². The maximum Gasteiger partial charge on any atom is 0.162 e. The van der Waals surface area contributed by atoms with Crippen molar-refractivity contribution in [3.05, 3.63) is 42.5 Å². The van der Waals surface area contributed by atoms with Gasteiger partial charge in [-0.15, -0.1) is 0 Å². The summed E-state index contributed by atoms with van der Waals surface area (Å²) in [4.78, 5) is 4.80. The summed E-state index contributed by atoms with van der Waals surface area (Å²) >= 11 is 0. The van der Waals surface area contributed by atoms with Crippen LogP contribution in [0.15, 0.2) is 42.5 Å². The van der Waals surface area contributed by atoms with Crippen LogP contribution in [0.2, 0.25) is 0 Å². The Hall–Kier alpha value is -3.21. The van der Waals surface area contributed by atoms with Gasteiger partial charge in [0.25, 0.3) is 0 Å². The summed E-state index contributed by atoms with van der Waals surface area (Å²) in [5.74, 6) is 2.75. The summed E-state index contributed by atoms with van der Waals surface area (Å²) in [6, 6.07) is 14.0. The fourth-order valence-corrected chi connectivity index (χ4v) is 3.29. The molecule has 0 aliphatic rings. The Morgan fingerprint density at radius 2 is 1.12 bits per heavy atom. The normalized spacial score (nSPS) is 11.1. The van der Waals surface area contributed by atoms with E-state index >= 15 is 0 Å². The van der Waals surface area contributed by atoms with Crippen LogP contribution in [-0.4, -0.2) is 33.4 Å². The fourth-order valence-electron chi connectivity index (χ4n) is 3.29. The molecular formula is C21H19NO4. The number of ether oxygens (including phenoxy) is 4. The quantitative estimate of drug-likeness (QED) is 0.399. The Morgan fingerprint density at radius 1 is 0.538 bits per heavy atom. The third-order valence-electron chi connectivity index (χ3n) is 4.62. The minimum Gasteiger partial charge on any atom is -0.493 e. The second kappa shape index (κ2) is 6.26. The molecule has 132 valence electrons. The van der Waals surface area contributed by atoms with Gasteiger partial charge in [0.05, 0.1) is 39.5 Å². The highest BCUT2D eigenvalue weighted by atomic mass is 16.5. The van der Waals surface area contributed by atoms with Crippen molar-refractivity contribution in [2.24, 2.45) is 0 Å². The predicted molar refractivity (Wildman–Crippen MR) is 103 cm³/mol. The molecule has 0 fully saturated rings. The van der Waals surface area contributed by atoms with E-state index in [1.807, 2.05) is 36.4 Å². The third-order valence-corrected chi connectivity index (χ3v) is 4.62. The topological polar surface area (TPSA) is 49.8 Å². The first-order valence-corrected chi connectivity index (χ1v) is 8.19. The van der Waals surface area contributed by atoms with Crippen molar-refractivity contribution in [2.45, 2.75) is 0 Å². The standard InChI is InChI=1S/C21H19NO4/c1-23-18-8-12-5-6-16-15(14(12)10-20(18)25-3)7-13-9-19(24-2)21(26-4)11-17(13)22-16/h5-11H,1-4H3. The maximum absolute atomic E-state index is 5.47. The van der Waals surface area contributed by atoms with Gasteiger partial charge < -0.3 is 18.9 Å². The van der Waals surface area contributed by atoms with Crippen LogP contribution in [0, 0.1) is 0 Å². The Kier molecular flexibility index (Phi) is 3.92. The highest BCUT2D eigenvalue weighted by Gasteiger charge is 2.12. The van der Waals surface area contributed by atoms with Crippen molar-refractivity contribution in [1.29, 1.82) is 0 Å². The van der Waals surface area contributed by atoms with Crippen molar-refractivity contribution >= 4 is 32.6 Å². The molecule has 0 radical (unpaired) electrons. The molecule has 4 rings (SSSR count). The number of rotatable bonds is 4. The lowest BCUT2D eigenvalue weighted by atomic mass is 10.0. The van der Waals surface area contributed by atoms with Gasteiger partial charge in [0.2, 0.25) is 0 Å². The van der Waals surface area contributed by atoms with Crippen molar-refractivity contribution in [1.82, 2.24) is 4.98 Å². The number of fused-ring (bicyclic) bond motifs is 4. The van der Waals surface area contributed by atoms with Gasteiger partial charge in [-0.05, 0) is 41.1 Å². The Morgan fingerprint density at radius 3 is 1.77 bits per heavy atom. The van der Waals surface area contributed by atoms with Gasteiger partial charge in [0.15, 0.2) is 23.0 Å². The molecule has 0 saturated heterocycles. The summed E-state index contributed by atoms with van der Waals surface area (Å²) in [5.41, 5.74) is 1.76. The molecule has 1 heterocycles. The van der Waals surface area contributed by atoms with Crippen LogP contribution in [0.1, 0.15) is 0 Å². The summed E-state index contributed by atoms with van der Waals surface area (Å²) in [7, 11) is 6.53. The molecule has 26 heavy (non-hydrogen) atoms. The molecule has 0 N–H and O–H groups in total. The van der Waals surface area contributed by atoms with Crippen LogP contribution in [0.25, 0.3) is 32.6 Å². The zero-order chi connectivity index (χ0) is 18.3. The van der Waals surface area contributed by atoms with Crippen molar-refractivity contribution < 1.29 is 18.9 Å². The second-order valence-electron chi connectivity index (χ2n) is 5.95. The summed E-state index contributed by atoms with van der Waals surface area (Å²) in [6.07, 6.45) is 0. The zero-order valence-corrected chi connectivity index (χ0v) is 15.1. The third kappa shape index (κ3) is 2.44. The number of methoxy groups -OCH3 is 4. The SMILES string of the molecule is COc1cc2cc3c(ccc4cc(OC)c(OC)cc43)nc2cc1OC. The number of pyridine rings is 1. The average Bonchev–Trinajstić information content (AvgIpc) is 2.69. The molecule has 4 aromatic rings. The molecule has 0 atom stereocenters. The van der Waals surface area contributed by atoms with E-state index in [1.165, 1.54) is 0 Å². The van der Waals surface area contributed by atoms with Gasteiger partial charge in [-0.3, -0.25) is 0 Å². The monoisotopic (exact) mass is 349 g/mol. The minimum atomic E-state index is 0.666. The lowest BCUT2D eigenvalue weighted by molar-refractivity contribution is 0.356. The number of aromatic nitrogens is 1. The van der Waals surface area contributed by atoms with E-state index in [9.17, 15) is 0 Å². The molecule has 5 heteroatoms. The van der Waals surface area contributed by atoms with E-state index in [4.69, 9.17) is 23.9 Å². The smallest absolute Gasteiger partial charge is 0.162 e. The van der Waals surface area contributed by atoms with Gasteiger partial charge >= 0.3 is 0 Å². The lowest BCUT2D eigenvalue weighted by Crippen LogP contribution is -1.93. The van der Waals surface area contributed by atoms with Gasteiger partial charge in [-0.25, -0.2) is 4.98 Å². The molecule has 1 aromatic heterocycles. The highest BCUT2D eigenvalue weighted by molar-refractivity contribution is 6.10. The molecule has 3 aromatic carbocycles. The molecule has 5 nitrogen and oxygen atoms in total. The number of hydrogen-bond acceptors (Lipinski definition) is 5. The van der Waals surface area contributed by atoms with Gasteiger partial charge in [0.1, 0.15) is 0 Å². The predicted octanol–water partition coefficient (Wildman–Crippen LogP) is 4.58. The van der Waals surface area contributed by atoms with Crippen molar-refractivity contribution in [3.8, 4) is 23.0 Å². The minimum absolute atomic E-state index is 0.666. The van der Waals surface area contributed by atoms with E-state index in [2.05, 4.69) is 6.07 Å². The average molecular weight is 349 g/mol. The van der Waals surface area contributed by atoms with E-state index in [1.54, 1.807) is 28.4 Å². The molecule has 0 unspecified atom stereocenters. The van der Waals surface area contributed by atoms with Crippen LogP contribution in [0.5, 0.6) is 23.0 Å². The van der Waals surface area contributed by atoms with Crippen LogP contribution >= 0.6 is 0 Å². The summed E-state index contributed by atoms with van der Waals surface area (Å²) in [5, 5.41) is 4.15. The summed E-state index contributed by atoms with van der Waals surface area (Å²) in [6.45, 7) is 0. The number of nitrogens with zero attached hydrogens (tertiary/aromatic N) is 1. The summed E-state index contributed by atoms with van der Waals surface area (Å²) < 4.78 is 21.7. The first-order valence-electron chi connectivity index (χ1n) is 8.19. The van der Waals surface area contributed by atoms with Crippen LogP contribution in [-0.2, 0) is 0 Å². The zero-order valence-electron chi connectivity index (χ0n) is 15.1. The Bertz CT molecular complexity index is 1130. The lowest BCUT2D eigenvalue weighted by Gasteiger charge is -2.12. The maximum atomic E-state index is 5.47. The number of benzene rings is 3. The van der Waals surface area contributed by atoms with Crippen LogP contribution < -0.4 is 18.9 Å². The van der Waals surface area contributed by atoms with E-state index in [0.717, 1.165) is 32.6 Å². The molecule has 0 saturated carbocycles. The Balaban J connectivity index is 2.07. The van der Waals surface area contributed by atoms with Crippen LogP contribution in [0.3, 0.4) is 0 Å². The molecule has 0 spiro atoms. The van der Waals surface area contributed by atoms with Gasteiger partial charge in [-0.1, -0.05) is 6.07 Å². The van der Waals surface area contributed by atoms with E-state index < -0.39 is 0 Å². The highest BCUT2D eigenvalue weighted by Crippen LogP contribution is 2.38. The molecule has 0 amide bonds. The number of hydrogen-bond donors (Lipinski definition) is 0. The second-order valence-corrected chi connectivity index (χ2v) is 5.95. The molecular weight excluding hydrogens is 330 g/mol. The van der Waals surface area contributed by atoms with Crippen molar-refractivity contribution in [3.63, 3.8) is 0 Å². The fraction of sp³-hybridized carbons (Fsp3) is 0.190.